The van der Waals surface area contributed by atoms with Gasteiger partial charge in [-0.2, -0.15) is 0 Å². The first-order valence-electron chi connectivity index (χ1n) is 7.14. The van der Waals surface area contributed by atoms with Crippen molar-refractivity contribution in [3.05, 3.63) is 58.6 Å². The van der Waals surface area contributed by atoms with Crippen molar-refractivity contribution in [1.82, 2.24) is 14.9 Å². The predicted octanol–water partition coefficient (Wildman–Crippen LogP) is 3.40. The van der Waals surface area contributed by atoms with Crippen molar-refractivity contribution in [3.63, 3.8) is 0 Å². The van der Waals surface area contributed by atoms with Gasteiger partial charge in [0.05, 0.1) is 5.02 Å². The lowest BCUT2D eigenvalue weighted by Gasteiger charge is -2.31. The predicted molar refractivity (Wildman–Crippen MR) is 91.3 cm³/mol. The number of aromatic nitrogens is 2. The molecule has 2 aromatic rings. The average Bonchev–Trinajstić information content (AvgIpc) is 2.51. The molecule has 0 bridgehead atoms. The van der Waals surface area contributed by atoms with Crippen LogP contribution in [0.25, 0.3) is 0 Å². The molecular weight excluding hydrogens is 310 g/mol. The molecule has 0 atom stereocenters. The monoisotopic (exact) mass is 327 g/mol. The smallest absolute Gasteiger partial charge is 0.272 e. The van der Waals surface area contributed by atoms with Crippen molar-refractivity contribution in [1.29, 1.82) is 0 Å². The van der Waals surface area contributed by atoms with Crippen LogP contribution in [0.1, 0.15) is 42.4 Å². The Morgan fingerprint density at radius 3 is 2.39 bits per heavy atom. The second-order valence-electron chi connectivity index (χ2n) is 6.11. The van der Waals surface area contributed by atoms with E-state index < -0.39 is 0 Å². The van der Waals surface area contributed by atoms with Crippen molar-refractivity contribution in [2.45, 2.75) is 26.3 Å². The topological polar surface area (TPSA) is 46.1 Å². The van der Waals surface area contributed by atoms with E-state index in [0.717, 1.165) is 11.1 Å². The number of amides is 1. The van der Waals surface area contributed by atoms with Crippen LogP contribution in [0.4, 0.5) is 0 Å². The molecule has 0 aromatic carbocycles. The number of halogens is 1. The summed E-state index contributed by atoms with van der Waals surface area (Å²) >= 11 is 5.86. The van der Waals surface area contributed by atoms with Crippen LogP contribution in [0.2, 0.25) is 5.02 Å². The third-order valence-electron chi connectivity index (χ3n) is 3.35. The van der Waals surface area contributed by atoms with E-state index in [2.05, 4.69) is 21.8 Å². The molecule has 0 fully saturated rings. The molecule has 5 heteroatoms. The maximum Gasteiger partial charge on any atom is 0.272 e. The van der Waals surface area contributed by atoms with Gasteiger partial charge >= 0.3 is 0 Å². The lowest BCUT2D eigenvalue weighted by molar-refractivity contribution is 0.0649. The Balaban J connectivity index is 2.16. The van der Waals surface area contributed by atoms with E-state index in [4.69, 9.17) is 11.6 Å². The van der Waals surface area contributed by atoms with E-state index in [1.54, 1.807) is 48.7 Å². The fourth-order valence-electron chi connectivity index (χ4n) is 1.70. The summed E-state index contributed by atoms with van der Waals surface area (Å²) < 4.78 is 0. The summed E-state index contributed by atoms with van der Waals surface area (Å²) in [7, 11) is 1.77. The van der Waals surface area contributed by atoms with E-state index >= 15 is 0 Å². The average molecular weight is 328 g/mol. The molecule has 4 nitrogen and oxygen atoms in total. The van der Waals surface area contributed by atoms with Crippen LogP contribution >= 0.6 is 11.6 Å². The van der Waals surface area contributed by atoms with Crippen LogP contribution in [0.5, 0.6) is 0 Å². The number of pyridine rings is 2. The zero-order valence-electron chi connectivity index (χ0n) is 13.6. The van der Waals surface area contributed by atoms with Crippen LogP contribution in [-0.4, -0.2) is 33.4 Å². The largest absolute Gasteiger partial charge is 0.336 e. The van der Waals surface area contributed by atoms with Crippen molar-refractivity contribution in [2.24, 2.45) is 0 Å². The maximum absolute atomic E-state index is 12.3. The number of hydrogen-bond acceptors (Lipinski definition) is 3. The number of rotatable bonds is 1. The van der Waals surface area contributed by atoms with Crippen molar-refractivity contribution >= 4 is 17.5 Å². The normalized spacial score (nSPS) is 10.7. The Morgan fingerprint density at radius 2 is 1.83 bits per heavy atom. The van der Waals surface area contributed by atoms with Gasteiger partial charge in [-0.05, 0) is 39.0 Å². The minimum Gasteiger partial charge on any atom is -0.336 e. The van der Waals surface area contributed by atoms with Gasteiger partial charge in [0.25, 0.3) is 5.91 Å². The molecule has 2 heterocycles. The van der Waals surface area contributed by atoms with Gasteiger partial charge < -0.3 is 4.90 Å². The van der Waals surface area contributed by atoms with E-state index in [0.29, 0.717) is 10.7 Å². The van der Waals surface area contributed by atoms with E-state index in [-0.39, 0.29) is 11.4 Å². The Kier molecular flexibility index (Phi) is 5.02. The van der Waals surface area contributed by atoms with Gasteiger partial charge in [-0.15, -0.1) is 0 Å². The fraction of sp³-hybridized carbons (Fsp3) is 0.278. The molecule has 0 radical (unpaired) electrons. The number of nitrogens with zero attached hydrogens (tertiary/aromatic N) is 3. The van der Waals surface area contributed by atoms with Gasteiger partial charge in [0.15, 0.2) is 0 Å². The van der Waals surface area contributed by atoms with E-state index in [1.807, 2.05) is 20.8 Å². The standard InChI is InChI=1S/C18H18ClN3O/c1-18(2,3)22(4)17(23)16-8-7-13(11-21-16)5-6-14-9-15(19)12-20-10-14/h7-12H,1-4H3. The first-order valence-corrected chi connectivity index (χ1v) is 7.52. The SMILES string of the molecule is CN(C(=O)c1ccc(C#Cc2cncc(Cl)c2)cn1)C(C)(C)C. The fourth-order valence-corrected chi connectivity index (χ4v) is 1.87. The van der Waals surface area contributed by atoms with Gasteiger partial charge in [-0.3, -0.25) is 9.78 Å². The lowest BCUT2D eigenvalue weighted by Crippen LogP contribution is -2.42. The summed E-state index contributed by atoms with van der Waals surface area (Å²) in [6, 6.07) is 5.21. The molecule has 0 N–H and O–H groups in total. The van der Waals surface area contributed by atoms with Gasteiger partial charge in [0.2, 0.25) is 0 Å². The molecule has 0 aliphatic rings. The van der Waals surface area contributed by atoms with Gasteiger partial charge in [0.1, 0.15) is 5.69 Å². The molecule has 0 saturated heterocycles. The van der Waals surface area contributed by atoms with Crippen LogP contribution in [0, 0.1) is 11.8 Å². The first-order chi connectivity index (χ1) is 10.8. The molecular formula is C18H18ClN3O. The molecule has 2 aromatic heterocycles. The minimum atomic E-state index is -0.253. The van der Waals surface area contributed by atoms with Crippen molar-refractivity contribution in [2.75, 3.05) is 7.05 Å². The molecule has 118 valence electrons. The molecule has 0 unspecified atom stereocenters. The third kappa shape index (κ3) is 4.54. The molecule has 0 saturated carbocycles. The van der Waals surface area contributed by atoms with Crippen LogP contribution in [0.3, 0.4) is 0 Å². The van der Waals surface area contributed by atoms with Crippen molar-refractivity contribution in [3.8, 4) is 11.8 Å². The first kappa shape index (κ1) is 17.0. The number of hydrogen-bond donors (Lipinski definition) is 0. The maximum atomic E-state index is 12.3. The highest BCUT2D eigenvalue weighted by Gasteiger charge is 2.23. The molecule has 23 heavy (non-hydrogen) atoms. The van der Waals surface area contributed by atoms with Gasteiger partial charge in [-0.1, -0.05) is 23.4 Å². The highest BCUT2D eigenvalue weighted by atomic mass is 35.5. The Morgan fingerprint density at radius 1 is 1.13 bits per heavy atom. The third-order valence-corrected chi connectivity index (χ3v) is 3.56. The molecule has 1 amide bonds. The van der Waals surface area contributed by atoms with E-state index in [1.165, 1.54) is 0 Å². The lowest BCUT2D eigenvalue weighted by atomic mass is 10.1. The highest BCUT2D eigenvalue weighted by Crippen LogP contribution is 2.14. The Hall–Kier alpha value is -2.38. The molecule has 2 rings (SSSR count). The van der Waals surface area contributed by atoms with E-state index in [9.17, 15) is 4.79 Å². The second kappa shape index (κ2) is 6.80. The number of carbonyl (C=O) groups is 1. The quantitative estimate of drug-likeness (QED) is 0.754. The zero-order chi connectivity index (χ0) is 17.0. The Bertz CT molecular complexity index is 767. The Labute approximate surface area is 141 Å². The summed E-state index contributed by atoms with van der Waals surface area (Å²) in [6.45, 7) is 5.93. The summed E-state index contributed by atoms with van der Waals surface area (Å²) in [6.07, 6.45) is 4.79. The summed E-state index contributed by atoms with van der Waals surface area (Å²) in [4.78, 5) is 22.2. The van der Waals surface area contributed by atoms with Gasteiger partial charge in [0, 0.05) is 42.3 Å². The number of carbonyl (C=O) groups excluding carboxylic acids is 1. The highest BCUT2D eigenvalue weighted by molar-refractivity contribution is 6.30. The van der Waals surface area contributed by atoms with Crippen LogP contribution in [-0.2, 0) is 0 Å². The molecule has 0 aliphatic heterocycles. The van der Waals surface area contributed by atoms with Crippen LogP contribution < -0.4 is 0 Å². The van der Waals surface area contributed by atoms with Gasteiger partial charge in [-0.25, -0.2) is 4.98 Å². The molecule has 0 aliphatic carbocycles. The summed E-state index contributed by atoms with van der Waals surface area (Å²) in [5.41, 5.74) is 1.60. The summed E-state index contributed by atoms with van der Waals surface area (Å²) in [5, 5.41) is 0.543. The zero-order valence-corrected chi connectivity index (χ0v) is 14.3. The van der Waals surface area contributed by atoms with Crippen molar-refractivity contribution < 1.29 is 4.79 Å². The second-order valence-corrected chi connectivity index (χ2v) is 6.55. The van der Waals surface area contributed by atoms with Crippen LogP contribution in [0.15, 0.2) is 36.8 Å². The minimum absolute atomic E-state index is 0.115. The molecule has 0 spiro atoms. The summed E-state index contributed by atoms with van der Waals surface area (Å²) in [5.74, 6) is 5.83.